The molecular formula is C49H41BF2N2O. The van der Waals surface area contributed by atoms with E-state index in [0.29, 0.717) is 0 Å². The van der Waals surface area contributed by atoms with Crippen molar-refractivity contribution in [1.29, 1.82) is 0 Å². The molecule has 6 heteroatoms. The maximum absolute atomic E-state index is 14.7. The fourth-order valence-electron chi connectivity index (χ4n) is 8.84. The maximum atomic E-state index is 14.7. The molecule has 0 amide bonds. The second-order valence-corrected chi connectivity index (χ2v) is 16.9. The molecule has 0 unspecified atom stereocenters. The summed E-state index contributed by atoms with van der Waals surface area (Å²) < 4.78 is 36.3. The van der Waals surface area contributed by atoms with Crippen LogP contribution in [0.25, 0.3) is 32.7 Å². The number of hydrogen-bond donors (Lipinski definition) is 0. The number of furan rings is 1. The average Bonchev–Trinajstić information content (AvgIpc) is 3.56. The number of nitrogens with zero attached hydrogens (tertiary/aromatic N) is 2. The molecule has 0 saturated heterocycles. The van der Waals surface area contributed by atoms with Crippen molar-refractivity contribution in [3.63, 3.8) is 0 Å². The van der Waals surface area contributed by atoms with Crippen LogP contribution in [0.1, 0.15) is 59.1 Å². The van der Waals surface area contributed by atoms with Gasteiger partial charge in [-0.25, -0.2) is 8.78 Å². The summed E-state index contributed by atoms with van der Waals surface area (Å²) in [7, 11) is 0. The van der Waals surface area contributed by atoms with E-state index in [0.717, 1.165) is 95.2 Å². The molecule has 0 spiro atoms. The van der Waals surface area contributed by atoms with E-state index in [1.54, 1.807) is 0 Å². The van der Waals surface area contributed by atoms with E-state index in [2.05, 4.69) is 130 Å². The predicted octanol–water partition coefficient (Wildman–Crippen LogP) is 12.1. The Balaban J connectivity index is 1.37. The average molecular weight is 723 g/mol. The summed E-state index contributed by atoms with van der Waals surface area (Å²) in [5.74, 6) is -0.570. The second kappa shape index (κ2) is 11.8. The molecule has 55 heavy (non-hydrogen) atoms. The molecule has 0 fully saturated rings. The Kier molecular flexibility index (Phi) is 7.23. The monoisotopic (exact) mass is 722 g/mol. The van der Waals surface area contributed by atoms with Crippen molar-refractivity contribution in [1.82, 2.24) is 0 Å². The highest BCUT2D eigenvalue weighted by Crippen LogP contribution is 2.50. The smallest absolute Gasteiger partial charge is 0.252 e. The molecule has 0 saturated carbocycles. The number of halogens is 2. The normalized spacial score (nSPS) is 13.8. The lowest BCUT2D eigenvalue weighted by atomic mass is 9.33. The van der Waals surface area contributed by atoms with Gasteiger partial charge in [-0.3, -0.25) is 0 Å². The molecule has 3 heterocycles. The number of anilines is 6. The quantitative estimate of drug-likeness (QED) is 0.169. The van der Waals surface area contributed by atoms with Gasteiger partial charge < -0.3 is 14.2 Å². The topological polar surface area (TPSA) is 19.6 Å². The van der Waals surface area contributed by atoms with E-state index in [4.69, 9.17) is 4.42 Å². The van der Waals surface area contributed by atoms with E-state index >= 15 is 0 Å². The largest absolute Gasteiger partial charge is 0.454 e. The summed E-state index contributed by atoms with van der Waals surface area (Å²) in [5.41, 5.74) is 13.1. The van der Waals surface area contributed by atoms with Crippen LogP contribution in [0.2, 0.25) is 0 Å². The van der Waals surface area contributed by atoms with Crippen LogP contribution >= 0.6 is 0 Å². The van der Waals surface area contributed by atoms with Gasteiger partial charge in [-0.2, -0.15) is 0 Å². The van der Waals surface area contributed by atoms with E-state index < -0.39 is 0 Å². The van der Waals surface area contributed by atoms with Crippen molar-refractivity contribution < 1.29 is 13.2 Å². The molecule has 270 valence electrons. The van der Waals surface area contributed by atoms with Gasteiger partial charge in [0.1, 0.15) is 17.2 Å². The van der Waals surface area contributed by atoms with Gasteiger partial charge in [0.15, 0.2) is 5.58 Å². The van der Waals surface area contributed by atoms with Gasteiger partial charge in [-0.15, -0.1) is 0 Å². The van der Waals surface area contributed by atoms with Crippen molar-refractivity contribution in [3.8, 4) is 0 Å². The third-order valence-corrected chi connectivity index (χ3v) is 12.3. The lowest BCUT2D eigenvalue weighted by molar-refractivity contribution is 0.506. The zero-order valence-electron chi connectivity index (χ0n) is 32.0. The number of fused-ring (bicyclic) bond motifs is 10. The van der Waals surface area contributed by atoms with Crippen LogP contribution < -0.4 is 26.2 Å². The first-order chi connectivity index (χ1) is 26.4. The first-order valence-electron chi connectivity index (χ1n) is 19.2. The van der Waals surface area contributed by atoms with Crippen molar-refractivity contribution in [3.05, 3.63) is 150 Å². The van der Waals surface area contributed by atoms with Gasteiger partial charge in [-0.05, 0) is 123 Å². The summed E-state index contributed by atoms with van der Waals surface area (Å²) in [6.45, 7) is 13.4. The minimum Gasteiger partial charge on any atom is -0.454 e. The molecule has 0 bridgehead atoms. The highest BCUT2D eigenvalue weighted by Gasteiger charge is 2.45. The molecule has 0 atom stereocenters. The summed E-state index contributed by atoms with van der Waals surface area (Å²) in [6, 6.07) is 42.4. The molecule has 8 aromatic rings. The van der Waals surface area contributed by atoms with Crippen LogP contribution in [-0.4, -0.2) is 6.71 Å². The first-order valence-corrected chi connectivity index (χ1v) is 19.2. The molecule has 3 nitrogen and oxygen atoms in total. The van der Waals surface area contributed by atoms with Crippen molar-refractivity contribution in [2.45, 2.75) is 58.8 Å². The van der Waals surface area contributed by atoms with Crippen LogP contribution in [-0.2, 0) is 10.8 Å². The summed E-state index contributed by atoms with van der Waals surface area (Å²) in [5, 5.41) is 4.39. The van der Waals surface area contributed by atoms with Gasteiger partial charge in [0.05, 0.1) is 5.69 Å². The molecule has 2 aliphatic heterocycles. The van der Waals surface area contributed by atoms with Gasteiger partial charge in [0, 0.05) is 44.6 Å². The third kappa shape index (κ3) is 5.00. The van der Waals surface area contributed by atoms with E-state index in [1.165, 1.54) is 29.8 Å². The minimum absolute atomic E-state index is 0.00974. The minimum atomic E-state index is -0.291. The maximum Gasteiger partial charge on any atom is 0.252 e. The molecule has 0 radical (unpaired) electrons. The highest BCUT2D eigenvalue weighted by molar-refractivity contribution is 7.00. The van der Waals surface area contributed by atoms with Crippen molar-refractivity contribution >= 4 is 89.9 Å². The summed E-state index contributed by atoms with van der Waals surface area (Å²) in [6.07, 6.45) is 1.02. The second-order valence-electron chi connectivity index (χ2n) is 16.9. The Bertz CT molecular complexity index is 2850. The molecule has 0 aliphatic carbocycles. The van der Waals surface area contributed by atoms with Gasteiger partial charge in [0.25, 0.3) is 6.71 Å². The molecule has 1 aromatic heterocycles. The lowest BCUT2D eigenvalue weighted by Crippen LogP contribution is -2.61. The van der Waals surface area contributed by atoms with Crippen molar-refractivity contribution in [2.24, 2.45) is 0 Å². The molecular weight excluding hydrogens is 681 g/mol. The zero-order valence-corrected chi connectivity index (χ0v) is 32.0. The van der Waals surface area contributed by atoms with Crippen LogP contribution in [0.5, 0.6) is 0 Å². The summed E-state index contributed by atoms with van der Waals surface area (Å²) >= 11 is 0. The fourth-order valence-corrected chi connectivity index (χ4v) is 8.84. The predicted molar refractivity (Wildman–Crippen MR) is 227 cm³/mol. The molecule has 7 aromatic carbocycles. The van der Waals surface area contributed by atoms with Crippen LogP contribution in [0.3, 0.4) is 0 Å². The van der Waals surface area contributed by atoms with E-state index in [1.807, 2.05) is 24.3 Å². The molecule has 2 aliphatic rings. The Morgan fingerprint density at radius 1 is 0.582 bits per heavy atom. The standard InChI is InChI=1S/C49H41BF2N2O/c1-7-49(5,6)30-13-25-43-38(26-30)37-22-24-40-46(47(37)55-43)54(35-20-16-33(52)17-21-35)42-28-31(48(2,3)4)27-41-44(42)50(40)39-23-12-29-10-8-9-11-36(29)45(39)53(41)34-18-14-32(51)15-19-34/h8-28H,7H2,1-6H3. The van der Waals surface area contributed by atoms with Gasteiger partial charge >= 0.3 is 0 Å². The Labute approximate surface area is 320 Å². The van der Waals surface area contributed by atoms with E-state index in [9.17, 15) is 8.78 Å². The number of benzene rings is 7. The Morgan fingerprint density at radius 2 is 1.18 bits per heavy atom. The SMILES string of the molecule is CCC(C)(C)c1ccc2oc3c4c(ccc3c2c1)B1c2ccc3ccccc3c2N(c2ccc(F)cc2)c2cc(C(C)(C)C)cc(c21)N4c1ccc(F)cc1. The first kappa shape index (κ1) is 33.7. The Morgan fingerprint density at radius 3 is 1.82 bits per heavy atom. The fraction of sp³-hybridized carbons (Fsp3) is 0.184. The lowest BCUT2D eigenvalue weighted by Gasteiger charge is -2.45. The number of rotatable bonds is 4. The highest BCUT2D eigenvalue weighted by atomic mass is 19.1. The Hall–Kier alpha value is -5.88. The van der Waals surface area contributed by atoms with Crippen LogP contribution in [0.4, 0.5) is 42.9 Å². The van der Waals surface area contributed by atoms with E-state index in [-0.39, 0.29) is 29.2 Å². The van der Waals surface area contributed by atoms with Crippen LogP contribution in [0.15, 0.2) is 132 Å². The van der Waals surface area contributed by atoms with Crippen molar-refractivity contribution in [2.75, 3.05) is 9.80 Å². The molecule has 0 N–H and O–H groups in total. The number of hydrogen-bond acceptors (Lipinski definition) is 3. The molecule has 10 rings (SSSR count). The van der Waals surface area contributed by atoms with Gasteiger partial charge in [0.2, 0.25) is 0 Å². The zero-order chi connectivity index (χ0) is 38.0. The third-order valence-electron chi connectivity index (χ3n) is 12.3. The van der Waals surface area contributed by atoms with Crippen LogP contribution in [0, 0.1) is 11.6 Å². The van der Waals surface area contributed by atoms with Gasteiger partial charge in [-0.1, -0.05) is 96.1 Å². The summed E-state index contributed by atoms with van der Waals surface area (Å²) in [4.78, 5) is 4.61.